The van der Waals surface area contributed by atoms with Crippen LogP contribution in [0.25, 0.3) is 5.69 Å². The van der Waals surface area contributed by atoms with E-state index in [2.05, 4.69) is 34.7 Å². The average Bonchev–Trinajstić information content (AvgIpc) is 2.95. The van der Waals surface area contributed by atoms with Crippen LogP contribution in [0.2, 0.25) is 0 Å². The Morgan fingerprint density at radius 2 is 2.14 bits per heavy atom. The largest absolute Gasteiger partial charge is 0.355 e. The summed E-state index contributed by atoms with van der Waals surface area (Å²) >= 11 is 1.36. The van der Waals surface area contributed by atoms with Gasteiger partial charge in [0.1, 0.15) is 0 Å². The fourth-order valence-electron chi connectivity index (χ4n) is 1.88. The molecule has 0 radical (unpaired) electrons. The molecule has 0 saturated heterocycles. The summed E-state index contributed by atoms with van der Waals surface area (Å²) in [7, 11) is 0. The molecule has 0 aliphatic carbocycles. The third-order valence-electron chi connectivity index (χ3n) is 3.38. The molecule has 0 aliphatic rings. The quantitative estimate of drug-likeness (QED) is 0.827. The molecule has 1 atom stereocenters. The molecule has 2 rings (SSSR count). The van der Waals surface area contributed by atoms with Crippen molar-refractivity contribution in [1.29, 1.82) is 0 Å². The van der Waals surface area contributed by atoms with Crippen LogP contribution in [0.3, 0.4) is 0 Å². The van der Waals surface area contributed by atoms with Gasteiger partial charge in [0.2, 0.25) is 11.1 Å². The van der Waals surface area contributed by atoms with Crippen LogP contribution in [-0.2, 0) is 4.79 Å². The topological polar surface area (TPSA) is 72.7 Å². The first-order valence-electron chi connectivity index (χ1n) is 7.33. The highest BCUT2D eigenvalue weighted by Crippen LogP contribution is 2.23. The second kappa shape index (κ2) is 7.40. The molecular formula is C15H21N5OS. The number of aryl methyl sites for hydroxylation is 2. The van der Waals surface area contributed by atoms with E-state index in [0.29, 0.717) is 11.7 Å². The first kappa shape index (κ1) is 16.5. The van der Waals surface area contributed by atoms with Gasteiger partial charge >= 0.3 is 0 Å². The number of carbonyl (C=O) groups is 1. The van der Waals surface area contributed by atoms with Crippen LogP contribution in [0.4, 0.5) is 0 Å². The number of carbonyl (C=O) groups excluding carboxylic acids is 1. The van der Waals surface area contributed by atoms with Gasteiger partial charge in [-0.25, -0.2) is 0 Å². The van der Waals surface area contributed by atoms with Crippen molar-refractivity contribution in [2.75, 3.05) is 6.54 Å². The third-order valence-corrected chi connectivity index (χ3v) is 4.41. The second-order valence-electron chi connectivity index (χ2n) is 5.19. The Morgan fingerprint density at radius 3 is 2.82 bits per heavy atom. The van der Waals surface area contributed by atoms with Crippen molar-refractivity contribution >= 4 is 17.7 Å². The molecule has 1 aromatic heterocycles. The molecule has 7 heteroatoms. The molecule has 6 nitrogen and oxygen atoms in total. The molecule has 0 fully saturated rings. The van der Waals surface area contributed by atoms with Crippen molar-refractivity contribution in [2.24, 2.45) is 0 Å². The lowest BCUT2D eigenvalue weighted by atomic mass is 10.1. The Morgan fingerprint density at radius 1 is 1.36 bits per heavy atom. The maximum absolute atomic E-state index is 12.0. The minimum atomic E-state index is -0.247. The molecule has 118 valence electrons. The minimum absolute atomic E-state index is 0.00138. The van der Waals surface area contributed by atoms with Crippen molar-refractivity contribution in [3.8, 4) is 5.69 Å². The SMILES string of the molecule is CCCNC(=O)C(C)Sc1nnnn1-c1ccc(C)c(C)c1. The Hall–Kier alpha value is -1.89. The van der Waals surface area contributed by atoms with E-state index >= 15 is 0 Å². The fraction of sp³-hybridized carbons (Fsp3) is 0.467. The van der Waals surface area contributed by atoms with Gasteiger partial charge in [0.05, 0.1) is 10.9 Å². The molecule has 0 bridgehead atoms. The maximum atomic E-state index is 12.0. The van der Waals surface area contributed by atoms with Gasteiger partial charge in [-0.3, -0.25) is 4.79 Å². The molecule has 1 amide bonds. The second-order valence-corrected chi connectivity index (χ2v) is 6.50. The molecular weight excluding hydrogens is 298 g/mol. The Bertz CT molecular complexity index is 655. The number of rotatable bonds is 6. The van der Waals surface area contributed by atoms with Crippen molar-refractivity contribution < 1.29 is 4.79 Å². The molecule has 22 heavy (non-hydrogen) atoms. The summed E-state index contributed by atoms with van der Waals surface area (Å²) in [5.41, 5.74) is 3.30. The number of thioether (sulfide) groups is 1. The summed E-state index contributed by atoms with van der Waals surface area (Å²) in [5, 5.41) is 15.1. The van der Waals surface area contributed by atoms with Crippen LogP contribution in [0.5, 0.6) is 0 Å². The normalized spacial score (nSPS) is 12.2. The molecule has 0 saturated carbocycles. The molecule has 1 heterocycles. The van der Waals surface area contributed by atoms with Crippen LogP contribution >= 0.6 is 11.8 Å². The molecule has 2 aromatic rings. The first-order chi connectivity index (χ1) is 10.5. The van der Waals surface area contributed by atoms with Crippen LogP contribution in [0.1, 0.15) is 31.4 Å². The highest BCUT2D eigenvalue weighted by molar-refractivity contribution is 8.00. The summed E-state index contributed by atoms with van der Waals surface area (Å²) in [6.45, 7) is 8.69. The van der Waals surface area contributed by atoms with Crippen molar-refractivity contribution in [2.45, 2.75) is 44.5 Å². The summed E-state index contributed by atoms with van der Waals surface area (Å²) in [5.74, 6) is 0.00138. The van der Waals surface area contributed by atoms with E-state index < -0.39 is 0 Å². The summed E-state index contributed by atoms with van der Waals surface area (Å²) < 4.78 is 1.67. The van der Waals surface area contributed by atoms with Gasteiger partial charge in [0.25, 0.3) is 0 Å². The van der Waals surface area contributed by atoms with Crippen LogP contribution < -0.4 is 5.32 Å². The summed E-state index contributed by atoms with van der Waals surface area (Å²) in [6, 6.07) is 6.06. The molecule has 1 N–H and O–H groups in total. The highest BCUT2D eigenvalue weighted by atomic mass is 32.2. The Labute approximate surface area is 134 Å². The predicted molar refractivity (Wildman–Crippen MR) is 87.2 cm³/mol. The number of nitrogens with one attached hydrogen (secondary N) is 1. The van der Waals surface area contributed by atoms with E-state index in [1.54, 1.807) is 4.68 Å². The minimum Gasteiger partial charge on any atom is -0.355 e. The van der Waals surface area contributed by atoms with Crippen molar-refractivity contribution in [3.05, 3.63) is 29.3 Å². The highest BCUT2D eigenvalue weighted by Gasteiger charge is 2.18. The molecule has 1 unspecified atom stereocenters. The monoisotopic (exact) mass is 319 g/mol. The van der Waals surface area contributed by atoms with Gasteiger partial charge in [-0.1, -0.05) is 24.8 Å². The number of benzene rings is 1. The van der Waals surface area contributed by atoms with Gasteiger partial charge in [-0.2, -0.15) is 4.68 Å². The molecule has 0 aliphatic heterocycles. The van der Waals surface area contributed by atoms with E-state index in [1.165, 1.54) is 22.9 Å². The smallest absolute Gasteiger partial charge is 0.233 e. The van der Waals surface area contributed by atoms with E-state index in [0.717, 1.165) is 12.1 Å². The number of tetrazole rings is 1. The predicted octanol–water partition coefficient (Wildman–Crippen LogP) is 2.29. The standard InChI is InChI=1S/C15H21N5OS/c1-5-8-16-14(21)12(4)22-15-17-18-19-20(15)13-7-6-10(2)11(3)9-13/h6-7,9,12H,5,8H2,1-4H3,(H,16,21). The van der Waals surface area contributed by atoms with Gasteiger partial charge in [-0.05, 0) is 60.9 Å². The number of hydrogen-bond acceptors (Lipinski definition) is 5. The number of nitrogens with zero attached hydrogens (tertiary/aromatic N) is 4. The van der Waals surface area contributed by atoms with E-state index in [4.69, 9.17) is 0 Å². The molecule has 1 aromatic carbocycles. The third kappa shape index (κ3) is 3.85. The summed E-state index contributed by atoms with van der Waals surface area (Å²) in [4.78, 5) is 12.0. The zero-order valence-electron chi connectivity index (χ0n) is 13.3. The van der Waals surface area contributed by atoms with Crippen molar-refractivity contribution in [1.82, 2.24) is 25.5 Å². The number of amides is 1. The lowest BCUT2D eigenvalue weighted by Gasteiger charge is -2.11. The maximum Gasteiger partial charge on any atom is 0.233 e. The van der Waals surface area contributed by atoms with Gasteiger partial charge in [0, 0.05) is 6.54 Å². The fourth-order valence-corrected chi connectivity index (χ4v) is 2.71. The lowest BCUT2D eigenvalue weighted by molar-refractivity contribution is -0.120. The van der Waals surface area contributed by atoms with E-state index in [1.807, 2.05) is 32.0 Å². The van der Waals surface area contributed by atoms with E-state index in [-0.39, 0.29) is 11.2 Å². The van der Waals surface area contributed by atoms with Gasteiger partial charge in [0.15, 0.2) is 0 Å². The zero-order chi connectivity index (χ0) is 16.1. The van der Waals surface area contributed by atoms with Crippen LogP contribution in [0, 0.1) is 13.8 Å². The number of hydrogen-bond donors (Lipinski definition) is 1. The average molecular weight is 319 g/mol. The van der Waals surface area contributed by atoms with Crippen molar-refractivity contribution in [3.63, 3.8) is 0 Å². The van der Waals surface area contributed by atoms with Gasteiger partial charge < -0.3 is 5.32 Å². The van der Waals surface area contributed by atoms with Gasteiger partial charge in [-0.15, -0.1) is 5.10 Å². The summed E-state index contributed by atoms with van der Waals surface area (Å²) in [6.07, 6.45) is 0.920. The van der Waals surface area contributed by atoms with Crippen LogP contribution in [0.15, 0.2) is 23.4 Å². The zero-order valence-corrected chi connectivity index (χ0v) is 14.1. The molecule has 0 spiro atoms. The van der Waals surface area contributed by atoms with Crippen LogP contribution in [-0.4, -0.2) is 37.9 Å². The Balaban J connectivity index is 2.15. The Kier molecular flexibility index (Phi) is 5.54. The lowest BCUT2D eigenvalue weighted by Crippen LogP contribution is -2.31. The number of aromatic nitrogens is 4. The van der Waals surface area contributed by atoms with E-state index in [9.17, 15) is 4.79 Å². The first-order valence-corrected chi connectivity index (χ1v) is 8.21.